The number of hydrogen-bond donors (Lipinski definition) is 0. The molecular formula is C26H25ClN4O3S2. The third-order valence-electron chi connectivity index (χ3n) is 6.38. The Bertz CT molecular complexity index is 1480. The van der Waals surface area contributed by atoms with Gasteiger partial charge in [0.2, 0.25) is 15.9 Å². The van der Waals surface area contributed by atoms with Crippen LogP contribution in [0, 0.1) is 12.8 Å². The zero-order chi connectivity index (χ0) is 25.3. The number of carbonyl (C=O) groups is 1. The number of piperidine rings is 1. The van der Waals surface area contributed by atoms with Gasteiger partial charge in [-0.2, -0.15) is 4.31 Å². The number of aromatic nitrogens is 2. The van der Waals surface area contributed by atoms with Gasteiger partial charge in [0, 0.05) is 31.4 Å². The highest BCUT2D eigenvalue weighted by atomic mass is 35.5. The van der Waals surface area contributed by atoms with Gasteiger partial charge in [-0.05, 0) is 55.7 Å². The molecule has 0 atom stereocenters. The average molecular weight is 541 g/mol. The summed E-state index contributed by atoms with van der Waals surface area (Å²) in [4.78, 5) is 24.6. The molecule has 2 aromatic carbocycles. The van der Waals surface area contributed by atoms with Crippen molar-refractivity contribution in [3.8, 4) is 0 Å². The molecule has 1 saturated heterocycles. The lowest BCUT2D eigenvalue weighted by Crippen LogP contribution is -2.44. The summed E-state index contributed by atoms with van der Waals surface area (Å²) in [6.45, 7) is 2.83. The molecule has 10 heteroatoms. The number of pyridine rings is 1. The monoisotopic (exact) mass is 540 g/mol. The van der Waals surface area contributed by atoms with Crippen LogP contribution in [0.4, 0.5) is 5.13 Å². The van der Waals surface area contributed by atoms with E-state index in [1.807, 2.05) is 31.2 Å². The number of anilines is 1. The summed E-state index contributed by atoms with van der Waals surface area (Å²) in [5.41, 5.74) is 2.56. The zero-order valence-corrected chi connectivity index (χ0v) is 22.1. The van der Waals surface area contributed by atoms with Gasteiger partial charge in [-0.1, -0.05) is 52.8 Å². The first-order valence-corrected chi connectivity index (χ1v) is 14.3. The van der Waals surface area contributed by atoms with E-state index in [1.54, 1.807) is 47.6 Å². The molecule has 1 fully saturated rings. The number of rotatable bonds is 6. The van der Waals surface area contributed by atoms with Crippen LogP contribution in [0.25, 0.3) is 10.2 Å². The van der Waals surface area contributed by atoms with Crippen LogP contribution in [-0.4, -0.2) is 41.7 Å². The molecule has 5 rings (SSSR count). The maximum atomic E-state index is 13.8. The Labute approximate surface area is 219 Å². The van der Waals surface area contributed by atoms with Crippen molar-refractivity contribution in [1.82, 2.24) is 14.3 Å². The van der Waals surface area contributed by atoms with Gasteiger partial charge in [-0.3, -0.25) is 14.7 Å². The molecule has 1 aliphatic heterocycles. The molecule has 2 aromatic heterocycles. The summed E-state index contributed by atoms with van der Waals surface area (Å²) >= 11 is 7.77. The molecule has 0 saturated carbocycles. The number of nitrogens with zero attached hydrogens (tertiary/aromatic N) is 4. The van der Waals surface area contributed by atoms with Crippen LogP contribution >= 0.6 is 22.9 Å². The summed E-state index contributed by atoms with van der Waals surface area (Å²) in [5.74, 6) is -0.380. The second-order valence-corrected chi connectivity index (χ2v) is 12.2. The van der Waals surface area contributed by atoms with Gasteiger partial charge in [0.15, 0.2) is 5.13 Å². The fourth-order valence-electron chi connectivity index (χ4n) is 4.36. The lowest BCUT2D eigenvalue weighted by Gasteiger charge is -2.33. The zero-order valence-electron chi connectivity index (χ0n) is 19.7. The SMILES string of the molecule is Cc1ccc(S(=O)(=O)N2CCC(C(=O)N(Cc3cccnc3)c3nc4c(Cl)cccc4s3)CC2)cc1. The van der Waals surface area contributed by atoms with Crippen molar-refractivity contribution in [2.24, 2.45) is 5.92 Å². The van der Waals surface area contributed by atoms with Crippen LogP contribution in [0.3, 0.4) is 0 Å². The molecule has 0 aliphatic carbocycles. The van der Waals surface area contributed by atoms with Gasteiger partial charge in [-0.15, -0.1) is 0 Å². The van der Waals surface area contributed by atoms with Crippen LogP contribution < -0.4 is 4.90 Å². The summed E-state index contributed by atoms with van der Waals surface area (Å²) in [7, 11) is -3.60. The lowest BCUT2D eigenvalue weighted by molar-refractivity contribution is -0.123. The molecule has 186 valence electrons. The van der Waals surface area contributed by atoms with Gasteiger partial charge in [0.25, 0.3) is 0 Å². The molecule has 4 aromatic rings. The summed E-state index contributed by atoms with van der Waals surface area (Å²) in [6, 6.07) is 16.2. The number of carbonyl (C=O) groups excluding carboxylic acids is 1. The molecule has 0 bridgehead atoms. The van der Waals surface area contributed by atoms with Crippen LogP contribution in [-0.2, 0) is 21.4 Å². The lowest BCUT2D eigenvalue weighted by atomic mass is 9.96. The van der Waals surface area contributed by atoms with Gasteiger partial charge in [-0.25, -0.2) is 13.4 Å². The summed E-state index contributed by atoms with van der Waals surface area (Å²) < 4.78 is 28.6. The normalized spacial score (nSPS) is 15.3. The number of hydrogen-bond acceptors (Lipinski definition) is 6. The van der Waals surface area contributed by atoms with E-state index in [4.69, 9.17) is 16.6 Å². The van der Waals surface area contributed by atoms with Crippen molar-refractivity contribution < 1.29 is 13.2 Å². The Morgan fingerprint density at radius 3 is 2.53 bits per heavy atom. The van der Waals surface area contributed by atoms with Crippen LogP contribution in [0.5, 0.6) is 0 Å². The summed E-state index contributed by atoms with van der Waals surface area (Å²) in [5, 5.41) is 1.11. The Morgan fingerprint density at radius 1 is 1.11 bits per heavy atom. The molecular weight excluding hydrogens is 516 g/mol. The van der Waals surface area contributed by atoms with E-state index in [2.05, 4.69) is 4.98 Å². The maximum Gasteiger partial charge on any atom is 0.243 e. The number of aryl methyl sites for hydroxylation is 1. The Hall–Kier alpha value is -2.85. The van der Waals surface area contributed by atoms with E-state index in [0.717, 1.165) is 15.8 Å². The Balaban J connectivity index is 1.37. The molecule has 0 N–H and O–H groups in total. The highest BCUT2D eigenvalue weighted by Gasteiger charge is 2.35. The predicted molar refractivity (Wildman–Crippen MR) is 143 cm³/mol. The summed E-state index contributed by atoms with van der Waals surface area (Å²) in [6.07, 6.45) is 4.31. The molecule has 7 nitrogen and oxygen atoms in total. The molecule has 0 spiro atoms. The van der Waals surface area contributed by atoms with Crippen molar-refractivity contribution >= 4 is 54.2 Å². The number of thiazole rings is 1. The van der Waals surface area contributed by atoms with E-state index in [9.17, 15) is 13.2 Å². The first-order chi connectivity index (χ1) is 17.3. The fraction of sp³-hybridized carbons (Fsp3) is 0.269. The Morgan fingerprint density at radius 2 is 1.86 bits per heavy atom. The van der Waals surface area contributed by atoms with Gasteiger partial charge in [0.1, 0.15) is 5.52 Å². The van der Waals surface area contributed by atoms with E-state index in [-0.39, 0.29) is 16.7 Å². The van der Waals surface area contributed by atoms with Crippen molar-refractivity contribution in [2.75, 3.05) is 18.0 Å². The van der Waals surface area contributed by atoms with Crippen molar-refractivity contribution in [1.29, 1.82) is 0 Å². The molecule has 36 heavy (non-hydrogen) atoms. The minimum Gasteiger partial charge on any atom is -0.283 e. The van der Waals surface area contributed by atoms with Crippen molar-refractivity contribution in [3.05, 3.63) is 83.1 Å². The largest absolute Gasteiger partial charge is 0.283 e. The number of amides is 1. The van der Waals surface area contributed by atoms with E-state index >= 15 is 0 Å². The Kier molecular flexibility index (Phi) is 7.07. The van der Waals surface area contributed by atoms with Crippen LogP contribution in [0.15, 0.2) is 71.9 Å². The highest BCUT2D eigenvalue weighted by Crippen LogP contribution is 2.35. The fourth-order valence-corrected chi connectivity index (χ4v) is 7.10. The maximum absolute atomic E-state index is 13.8. The van der Waals surface area contributed by atoms with Crippen LogP contribution in [0.2, 0.25) is 5.02 Å². The second-order valence-electron chi connectivity index (χ2n) is 8.86. The molecule has 3 heterocycles. The van der Waals surface area contributed by atoms with Gasteiger partial charge in [0.05, 0.1) is 21.2 Å². The molecule has 1 amide bonds. The van der Waals surface area contributed by atoms with Gasteiger partial charge < -0.3 is 0 Å². The number of para-hydroxylation sites is 1. The highest BCUT2D eigenvalue weighted by molar-refractivity contribution is 7.89. The van der Waals surface area contributed by atoms with E-state index < -0.39 is 10.0 Å². The minimum atomic E-state index is -3.60. The van der Waals surface area contributed by atoms with E-state index in [0.29, 0.717) is 48.1 Å². The number of halogens is 1. The van der Waals surface area contributed by atoms with Crippen molar-refractivity contribution in [2.45, 2.75) is 31.2 Å². The molecule has 0 radical (unpaired) electrons. The number of fused-ring (bicyclic) bond motifs is 1. The second kappa shape index (κ2) is 10.3. The van der Waals surface area contributed by atoms with Gasteiger partial charge >= 0.3 is 0 Å². The minimum absolute atomic E-state index is 0.0681. The van der Waals surface area contributed by atoms with E-state index in [1.165, 1.54) is 15.6 Å². The third kappa shape index (κ3) is 5.01. The molecule has 1 aliphatic rings. The number of benzene rings is 2. The van der Waals surface area contributed by atoms with Crippen LogP contribution in [0.1, 0.15) is 24.0 Å². The predicted octanol–water partition coefficient (Wildman–Crippen LogP) is 5.29. The standard InChI is InChI=1S/C26H25ClN4O3S2/c1-18-7-9-21(10-8-18)36(33,34)30-14-11-20(12-15-30)25(32)31(17-19-4-3-13-28-16-19)26-29-24-22(27)5-2-6-23(24)35-26/h2-10,13,16,20H,11-12,14-15,17H2,1H3. The first-order valence-electron chi connectivity index (χ1n) is 11.6. The van der Waals surface area contributed by atoms with Crippen molar-refractivity contribution in [3.63, 3.8) is 0 Å². The third-order valence-corrected chi connectivity index (χ3v) is 9.64. The smallest absolute Gasteiger partial charge is 0.243 e. The average Bonchev–Trinajstić information content (AvgIpc) is 3.33. The topological polar surface area (TPSA) is 83.5 Å². The molecule has 0 unspecified atom stereocenters. The first kappa shape index (κ1) is 24.8. The quantitative estimate of drug-likeness (QED) is 0.332. The number of sulfonamides is 1.